The van der Waals surface area contributed by atoms with Gasteiger partial charge in [0.25, 0.3) is 0 Å². The van der Waals surface area contributed by atoms with Crippen LogP contribution in [0.1, 0.15) is 78.6 Å². The van der Waals surface area contributed by atoms with E-state index in [1.54, 1.807) is 23.2 Å². The Morgan fingerprint density at radius 1 is 1.02 bits per heavy atom. The van der Waals surface area contributed by atoms with Crippen LogP contribution in [0.2, 0.25) is 0 Å². The molecular weight excluding hydrogens is 607 g/mol. The molecule has 7 rings (SSSR count). The molecule has 12 heteroatoms. The van der Waals surface area contributed by atoms with E-state index in [0.717, 1.165) is 86.0 Å². The van der Waals surface area contributed by atoms with Crippen LogP contribution in [-0.2, 0) is 30.5 Å². The number of rotatable bonds is 9. The number of likely N-dealkylation sites (N-methyl/N-ethyl adjacent to an activating group) is 1. The zero-order valence-electron chi connectivity index (χ0n) is 26.8. The molecule has 1 aliphatic carbocycles. The number of aromatic amines is 1. The van der Waals surface area contributed by atoms with Crippen molar-refractivity contribution in [1.29, 1.82) is 0 Å². The van der Waals surface area contributed by atoms with Crippen LogP contribution in [0.4, 0.5) is 13.2 Å². The van der Waals surface area contributed by atoms with E-state index < -0.39 is 11.7 Å². The highest BCUT2D eigenvalue weighted by atomic mass is 19.4. The lowest BCUT2D eigenvalue weighted by atomic mass is 9.92. The van der Waals surface area contributed by atoms with E-state index in [9.17, 15) is 18.0 Å². The summed E-state index contributed by atoms with van der Waals surface area (Å²) in [6.07, 6.45) is 1.62. The largest absolute Gasteiger partial charge is 0.437 e. The van der Waals surface area contributed by atoms with Crippen molar-refractivity contribution in [3.8, 4) is 11.6 Å². The Labute approximate surface area is 272 Å². The summed E-state index contributed by atoms with van der Waals surface area (Å²) in [4.78, 5) is 36.5. The summed E-state index contributed by atoms with van der Waals surface area (Å²) in [6.45, 7) is 9.26. The first-order valence-electron chi connectivity index (χ1n) is 16.6. The van der Waals surface area contributed by atoms with Gasteiger partial charge in [0.1, 0.15) is 17.7 Å². The van der Waals surface area contributed by atoms with Gasteiger partial charge in [0.05, 0.1) is 29.3 Å². The van der Waals surface area contributed by atoms with Crippen molar-refractivity contribution in [3.63, 3.8) is 0 Å². The summed E-state index contributed by atoms with van der Waals surface area (Å²) < 4.78 is 48.9. The minimum Gasteiger partial charge on any atom is -0.437 e. The first-order chi connectivity index (χ1) is 22.7. The fourth-order valence-corrected chi connectivity index (χ4v) is 6.86. The summed E-state index contributed by atoms with van der Waals surface area (Å²) >= 11 is 0. The summed E-state index contributed by atoms with van der Waals surface area (Å²) in [5, 5.41) is 0.804. The van der Waals surface area contributed by atoms with Crippen LogP contribution in [0.5, 0.6) is 11.6 Å². The van der Waals surface area contributed by atoms with Crippen molar-refractivity contribution >= 4 is 16.9 Å². The van der Waals surface area contributed by atoms with E-state index in [1.807, 2.05) is 19.1 Å². The molecule has 47 heavy (non-hydrogen) atoms. The highest BCUT2D eigenvalue weighted by molar-refractivity contribution is 5.82. The Morgan fingerprint density at radius 3 is 2.53 bits per heavy atom. The number of fused-ring (bicyclic) bond motifs is 2. The molecule has 4 aromatic rings. The first-order valence-corrected chi connectivity index (χ1v) is 16.6. The number of amides is 1. The molecule has 1 N–H and O–H groups in total. The van der Waals surface area contributed by atoms with Crippen molar-refractivity contribution in [2.75, 3.05) is 39.3 Å². The van der Waals surface area contributed by atoms with Gasteiger partial charge in [0.2, 0.25) is 11.8 Å². The highest BCUT2D eigenvalue weighted by Crippen LogP contribution is 2.42. The number of nitrogens with zero attached hydrogens (tertiary/aromatic N) is 6. The second kappa shape index (κ2) is 12.9. The molecular formula is C35H40F3N7O2. The minimum absolute atomic E-state index is 0.00886. The number of hydrogen-bond acceptors (Lipinski definition) is 7. The van der Waals surface area contributed by atoms with Gasteiger partial charge >= 0.3 is 6.18 Å². The van der Waals surface area contributed by atoms with Crippen LogP contribution < -0.4 is 4.74 Å². The lowest BCUT2D eigenvalue weighted by molar-refractivity contribution is -0.139. The number of halogens is 3. The maximum absolute atomic E-state index is 14.2. The number of hydrogen-bond donors (Lipinski definition) is 1. The Bertz CT molecular complexity index is 1760. The zero-order valence-corrected chi connectivity index (χ0v) is 26.8. The van der Waals surface area contributed by atoms with Crippen molar-refractivity contribution in [1.82, 2.24) is 34.6 Å². The SMILES string of the molecule is CC[C@H]1CN(C(=O)Cc2ccc(CN3CCN(CC)CC3)c(C(F)(F)F)c2)Cc2cc(Oc3ncnc4[nH]c(C5CC5)cc34)cnc21. The van der Waals surface area contributed by atoms with Crippen LogP contribution >= 0.6 is 0 Å². The number of ether oxygens (including phenoxy) is 1. The topological polar surface area (TPSA) is 90.5 Å². The fourth-order valence-electron chi connectivity index (χ4n) is 6.86. The van der Waals surface area contributed by atoms with Crippen molar-refractivity contribution in [3.05, 3.63) is 76.5 Å². The smallest absolute Gasteiger partial charge is 0.416 e. The maximum Gasteiger partial charge on any atom is 0.416 e. The molecule has 0 bridgehead atoms. The lowest BCUT2D eigenvalue weighted by Gasteiger charge is -2.34. The number of carbonyl (C=O) groups is 1. The standard InChI is InChI=1S/C35H40F3N7O2/c1-3-23-19-45(31(46)14-22-5-6-25(29(13-22)35(36,37)38)18-44-11-9-43(4-2)10-12-44)20-26-15-27(17-39-32(23)26)47-34-28-16-30(24-7-8-24)42-33(28)40-21-41-34/h5-6,13,15-17,21,23-24H,3-4,7-12,14,18-20H2,1-2H3,(H,40,41,42)/t23-/m0/s1. The summed E-state index contributed by atoms with van der Waals surface area (Å²) in [7, 11) is 0. The number of alkyl halides is 3. The van der Waals surface area contributed by atoms with Gasteiger partial charge in [0, 0.05) is 57.4 Å². The average Bonchev–Trinajstić information content (AvgIpc) is 3.83. The Hall–Kier alpha value is -4.03. The van der Waals surface area contributed by atoms with E-state index in [4.69, 9.17) is 9.72 Å². The number of benzene rings is 1. The van der Waals surface area contributed by atoms with Crippen molar-refractivity contribution in [2.45, 2.75) is 70.6 Å². The van der Waals surface area contributed by atoms with Crippen LogP contribution in [-0.4, -0.2) is 79.8 Å². The third kappa shape index (κ3) is 6.85. The van der Waals surface area contributed by atoms with Gasteiger partial charge in [-0.1, -0.05) is 26.0 Å². The molecule has 0 unspecified atom stereocenters. The normalized spacial score (nSPS) is 19.3. The number of H-pyrrole nitrogens is 1. The predicted octanol–water partition coefficient (Wildman–Crippen LogP) is 6.26. The molecule has 9 nitrogen and oxygen atoms in total. The number of piperazine rings is 1. The third-order valence-corrected chi connectivity index (χ3v) is 9.79. The quantitative estimate of drug-likeness (QED) is 0.230. The molecule has 0 spiro atoms. The minimum atomic E-state index is -4.51. The van der Waals surface area contributed by atoms with Gasteiger partial charge in [-0.2, -0.15) is 13.2 Å². The number of nitrogens with one attached hydrogen (secondary N) is 1. The fraction of sp³-hybridized carbons (Fsp3) is 0.486. The molecule has 2 fully saturated rings. The predicted molar refractivity (Wildman–Crippen MR) is 171 cm³/mol. The van der Waals surface area contributed by atoms with Gasteiger partial charge in [-0.15, -0.1) is 0 Å². The molecule has 1 saturated carbocycles. The Kier molecular flexibility index (Phi) is 8.65. The Morgan fingerprint density at radius 2 is 1.81 bits per heavy atom. The number of pyridine rings is 1. The number of carbonyl (C=O) groups excluding carboxylic acids is 1. The van der Waals surface area contributed by atoms with Crippen LogP contribution in [0.15, 0.2) is 42.9 Å². The van der Waals surface area contributed by atoms with Gasteiger partial charge < -0.3 is 19.5 Å². The van der Waals surface area contributed by atoms with Gasteiger partial charge in [-0.3, -0.25) is 14.7 Å². The second-order valence-corrected chi connectivity index (χ2v) is 13.0. The van der Waals surface area contributed by atoms with Gasteiger partial charge in [-0.05, 0) is 66.6 Å². The first kappa shape index (κ1) is 31.6. The van der Waals surface area contributed by atoms with E-state index >= 15 is 0 Å². The third-order valence-electron chi connectivity index (χ3n) is 9.79. The van der Waals surface area contributed by atoms with E-state index in [1.165, 1.54) is 6.33 Å². The molecule has 1 saturated heterocycles. The molecule has 1 amide bonds. The van der Waals surface area contributed by atoms with Gasteiger partial charge in [-0.25, -0.2) is 9.97 Å². The molecule has 3 aliphatic rings. The van der Waals surface area contributed by atoms with Crippen LogP contribution in [0, 0.1) is 0 Å². The molecule has 2 aliphatic heterocycles. The molecule has 248 valence electrons. The average molecular weight is 648 g/mol. The molecule has 5 heterocycles. The molecule has 1 aromatic carbocycles. The lowest BCUT2D eigenvalue weighted by Crippen LogP contribution is -2.45. The summed E-state index contributed by atoms with van der Waals surface area (Å²) in [5.41, 5.74) is 3.59. The molecule has 3 aromatic heterocycles. The molecule has 1 atom stereocenters. The summed E-state index contributed by atoms with van der Waals surface area (Å²) in [6, 6.07) is 8.32. The monoisotopic (exact) mass is 647 g/mol. The van der Waals surface area contributed by atoms with Crippen molar-refractivity contribution < 1.29 is 22.7 Å². The zero-order chi connectivity index (χ0) is 32.7. The van der Waals surface area contributed by atoms with Gasteiger partial charge in [0.15, 0.2) is 0 Å². The van der Waals surface area contributed by atoms with E-state index in [2.05, 4.69) is 31.7 Å². The second-order valence-electron chi connectivity index (χ2n) is 13.0. The van der Waals surface area contributed by atoms with E-state index in [-0.39, 0.29) is 30.4 Å². The van der Waals surface area contributed by atoms with Crippen LogP contribution in [0.25, 0.3) is 11.0 Å². The van der Waals surface area contributed by atoms with Crippen LogP contribution in [0.3, 0.4) is 0 Å². The van der Waals surface area contributed by atoms with Crippen molar-refractivity contribution in [2.24, 2.45) is 0 Å². The number of aromatic nitrogens is 4. The maximum atomic E-state index is 14.2. The summed E-state index contributed by atoms with van der Waals surface area (Å²) in [5.74, 6) is 1.26. The molecule has 0 radical (unpaired) electrons. The highest BCUT2D eigenvalue weighted by Gasteiger charge is 2.35. The Balaban J connectivity index is 1.07. The van der Waals surface area contributed by atoms with E-state index in [0.29, 0.717) is 36.2 Å².